The molecule has 0 spiro atoms. The second-order valence-corrected chi connectivity index (χ2v) is 4.99. The zero-order valence-corrected chi connectivity index (χ0v) is 13.8. The minimum absolute atomic E-state index is 0.110. The van der Waals surface area contributed by atoms with Gasteiger partial charge < -0.3 is 9.72 Å². The second-order valence-electron chi connectivity index (χ2n) is 4.69. The number of benzene rings is 2. The number of fused-ring (bicyclic) bond motifs is 1. The molecule has 0 radical (unpaired) electrons. The maximum absolute atomic E-state index is 13.3. The van der Waals surface area contributed by atoms with Gasteiger partial charge in [0.1, 0.15) is 11.6 Å². The first-order valence-corrected chi connectivity index (χ1v) is 7.59. The first kappa shape index (κ1) is 18.7. The van der Waals surface area contributed by atoms with Gasteiger partial charge in [-0.3, -0.25) is 4.79 Å². The summed E-state index contributed by atoms with van der Waals surface area (Å²) in [6.45, 7) is 0. The quantitative estimate of drug-likeness (QED) is 0.413. The number of methoxy groups -OCH3 is 1. The summed E-state index contributed by atoms with van der Waals surface area (Å²) in [6.07, 6.45) is 0. The van der Waals surface area contributed by atoms with Crippen molar-refractivity contribution in [3.63, 3.8) is 0 Å². The Labute approximate surface area is 142 Å². The van der Waals surface area contributed by atoms with Crippen LogP contribution < -0.4 is 10.2 Å². The van der Waals surface area contributed by atoms with E-state index in [-0.39, 0.29) is 11.2 Å². The van der Waals surface area contributed by atoms with Crippen molar-refractivity contribution in [2.45, 2.75) is 0 Å². The third-order valence-corrected chi connectivity index (χ3v) is 3.36. The number of hydrogen-bond donors (Lipinski definition) is 2. The number of halogens is 1. The Morgan fingerprint density at radius 3 is 2.56 bits per heavy atom. The molecule has 3 rings (SSSR count). The van der Waals surface area contributed by atoms with Crippen LogP contribution in [0.3, 0.4) is 0 Å². The SMILES string of the molecule is COc1ccc2c(=O)cc(-c3cccc(F)c3)[nH]c2c1.O=POOO. The van der Waals surface area contributed by atoms with Crippen LogP contribution in [-0.2, 0) is 14.3 Å². The summed E-state index contributed by atoms with van der Waals surface area (Å²) < 4.78 is 30.7. The number of ether oxygens (including phenoxy) is 1. The van der Waals surface area contributed by atoms with Gasteiger partial charge in [-0.25, -0.2) is 14.2 Å². The smallest absolute Gasteiger partial charge is 0.361 e. The monoisotopic (exact) mass is 365 g/mol. The van der Waals surface area contributed by atoms with Crippen LogP contribution in [0.2, 0.25) is 0 Å². The van der Waals surface area contributed by atoms with Gasteiger partial charge in [0.2, 0.25) is 0 Å². The molecule has 0 bridgehead atoms. The molecular formula is C16H13FNO6P. The molecule has 25 heavy (non-hydrogen) atoms. The van der Waals surface area contributed by atoms with Crippen molar-refractivity contribution in [3.05, 3.63) is 64.6 Å². The average Bonchev–Trinajstić information content (AvgIpc) is 2.62. The van der Waals surface area contributed by atoms with E-state index in [9.17, 15) is 9.18 Å². The van der Waals surface area contributed by atoms with Crippen LogP contribution >= 0.6 is 8.69 Å². The minimum Gasteiger partial charge on any atom is -0.497 e. The molecule has 0 aliphatic rings. The van der Waals surface area contributed by atoms with Gasteiger partial charge in [0.25, 0.3) is 0 Å². The zero-order valence-electron chi connectivity index (χ0n) is 12.9. The van der Waals surface area contributed by atoms with Crippen molar-refractivity contribution in [2.24, 2.45) is 0 Å². The number of pyridine rings is 1. The van der Waals surface area contributed by atoms with Crippen LogP contribution in [0.5, 0.6) is 5.75 Å². The third-order valence-electron chi connectivity index (χ3n) is 3.24. The summed E-state index contributed by atoms with van der Waals surface area (Å²) in [5, 5.41) is 10.6. The molecular weight excluding hydrogens is 352 g/mol. The number of nitrogens with one attached hydrogen (secondary N) is 1. The molecule has 0 fully saturated rings. The Hall–Kier alpha value is -2.64. The van der Waals surface area contributed by atoms with Gasteiger partial charge in [-0.1, -0.05) is 17.2 Å². The molecule has 0 saturated heterocycles. The lowest BCUT2D eigenvalue weighted by Crippen LogP contribution is -2.03. The number of H-pyrrole nitrogens is 1. The fourth-order valence-electron chi connectivity index (χ4n) is 2.18. The molecule has 1 aromatic heterocycles. The molecule has 9 heteroatoms. The number of hydrogen-bond acceptors (Lipinski definition) is 6. The van der Waals surface area contributed by atoms with Crippen LogP contribution in [0.4, 0.5) is 4.39 Å². The summed E-state index contributed by atoms with van der Waals surface area (Å²) in [7, 11) is 0.873. The normalized spacial score (nSPS) is 10.4. The highest BCUT2D eigenvalue weighted by Crippen LogP contribution is 2.21. The van der Waals surface area contributed by atoms with Gasteiger partial charge in [-0.15, -0.1) is 4.67 Å². The molecule has 1 heterocycles. The van der Waals surface area contributed by atoms with E-state index in [4.69, 9.17) is 14.6 Å². The first-order valence-electron chi connectivity index (χ1n) is 6.86. The lowest BCUT2D eigenvalue weighted by atomic mass is 10.1. The lowest BCUT2D eigenvalue weighted by Gasteiger charge is -2.06. The van der Waals surface area contributed by atoms with Gasteiger partial charge in [0.05, 0.1) is 12.6 Å². The molecule has 3 aromatic rings. The maximum Gasteiger partial charge on any atom is 0.361 e. The Bertz CT molecular complexity index is 930. The highest BCUT2D eigenvalue weighted by Gasteiger charge is 2.06. The summed E-state index contributed by atoms with van der Waals surface area (Å²) in [5.74, 6) is 0.318. The highest BCUT2D eigenvalue weighted by molar-refractivity contribution is 7.17. The van der Waals surface area contributed by atoms with E-state index < -0.39 is 8.69 Å². The fourth-order valence-corrected chi connectivity index (χ4v) is 2.21. The standard InChI is InChI=1S/C16H12FNO2.HO4P/c1-20-12-5-6-13-15(8-12)18-14(9-16(13)19)10-3-2-4-11(17)7-10;1-3-4-5-2/h2-9H,1H3,(H,18,19);1H. The topological polar surface area (TPSA) is 97.9 Å². The van der Waals surface area contributed by atoms with E-state index >= 15 is 0 Å². The van der Waals surface area contributed by atoms with Crippen molar-refractivity contribution in [1.29, 1.82) is 0 Å². The minimum atomic E-state index is -0.693. The average molecular weight is 365 g/mol. The highest BCUT2D eigenvalue weighted by atomic mass is 31.1. The van der Waals surface area contributed by atoms with Gasteiger partial charge in [0, 0.05) is 28.8 Å². The van der Waals surface area contributed by atoms with E-state index in [2.05, 4.69) is 14.7 Å². The molecule has 0 amide bonds. The van der Waals surface area contributed by atoms with Crippen molar-refractivity contribution in [2.75, 3.05) is 7.11 Å². The predicted octanol–water partition coefficient (Wildman–Crippen LogP) is 3.96. The Morgan fingerprint density at radius 1 is 1.16 bits per heavy atom. The predicted molar refractivity (Wildman–Crippen MR) is 88.9 cm³/mol. The van der Waals surface area contributed by atoms with E-state index in [0.717, 1.165) is 0 Å². The van der Waals surface area contributed by atoms with Crippen molar-refractivity contribution < 1.29 is 28.7 Å². The van der Waals surface area contributed by atoms with E-state index in [1.54, 1.807) is 37.4 Å². The first-order chi connectivity index (χ1) is 12.1. The summed E-state index contributed by atoms with van der Waals surface area (Å²) in [4.78, 5) is 15.2. The molecule has 0 unspecified atom stereocenters. The van der Waals surface area contributed by atoms with Crippen LogP contribution in [0, 0.1) is 5.82 Å². The van der Waals surface area contributed by atoms with E-state index in [1.807, 2.05) is 0 Å². The van der Waals surface area contributed by atoms with Gasteiger partial charge >= 0.3 is 8.69 Å². The third kappa shape index (κ3) is 4.91. The van der Waals surface area contributed by atoms with Crippen molar-refractivity contribution in [1.82, 2.24) is 4.98 Å². The molecule has 2 aromatic carbocycles. The Morgan fingerprint density at radius 2 is 1.96 bits per heavy atom. The van der Waals surface area contributed by atoms with Crippen LogP contribution in [0.1, 0.15) is 0 Å². The van der Waals surface area contributed by atoms with Crippen molar-refractivity contribution >= 4 is 19.6 Å². The number of aromatic nitrogens is 1. The molecule has 130 valence electrons. The number of aromatic amines is 1. The summed E-state index contributed by atoms with van der Waals surface area (Å²) in [5.41, 5.74) is 1.76. The summed E-state index contributed by atoms with van der Waals surface area (Å²) in [6, 6.07) is 12.8. The van der Waals surface area contributed by atoms with Gasteiger partial charge in [-0.05, 0) is 24.3 Å². The second kappa shape index (κ2) is 9.00. The Kier molecular flexibility index (Phi) is 6.73. The lowest BCUT2D eigenvalue weighted by molar-refractivity contribution is -0.435. The fraction of sp³-hybridized carbons (Fsp3) is 0.0625. The maximum atomic E-state index is 13.3. The van der Waals surface area contributed by atoms with Crippen LogP contribution in [0.15, 0.2) is 53.3 Å². The van der Waals surface area contributed by atoms with Gasteiger partial charge in [0.15, 0.2) is 5.43 Å². The largest absolute Gasteiger partial charge is 0.497 e. The molecule has 0 aliphatic carbocycles. The van der Waals surface area contributed by atoms with Crippen molar-refractivity contribution in [3.8, 4) is 17.0 Å². The van der Waals surface area contributed by atoms with E-state index in [0.29, 0.717) is 27.9 Å². The summed E-state index contributed by atoms with van der Waals surface area (Å²) >= 11 is 0. The zero-order chi connectivity index (χ0) is 18.2. The molecule has 2 N–H and O–H groups in total. The van der Waals surface area contributed by atoms with Crippen LogP contribution in [-0.4, -0.2) is 17.4 Å². The molecule has 0 atom stereocenters. The van der Waals surface area contributed by atoms with Crippen LogP contribution in [0.25, 0.3) is 22.2 Å². The molecule has 7 nitrogen and oxygen atoms in total. The Balaban J connectivity index is 0.000000399. The molecule has 0 aliphatic heterocycles. The molecule has 0 saturated carbocycles. The number of rotatable bonds is 4. The van der Waals surface area contributed by atoms with E-state index in [1.165, 1.54) is 18.2 Å². The van der Waals surface area contributed by atoms with Gasteiger partial charge in [-0.2, -0.15) is 0 Å².